The molecule has 1 amide bonds. The predicted molar refractivity (Wildman–Crippen MR) is 72.2 cm³/mol. The number of amides is 1. The van der Waals surface area contributed by atoms with Crippen LogP contribution in [0.1, 0.15) is 11.4 Å². The lowest BCUT2D eigenvalue weighted by molar-refractivity contribution is -0.120. The molecule has 0 unspecified atom stereocenters. The fourth-order valence-electron chi connectivity index (χ4n) is 1.60. The van der Waals surface area contributed by atoms with E-state index in [1.807, 2.05) is 0 Å². The van der Waals surface area contributed by atoms with Gasteiger partial charge >= 0.3 is 0 Å². The van der Waals surface area contributed by atoms with Crippen LogP contribution in [0.5, 0.6) is 0 Å². The van der Waals surface area contributed by atoms with Crippen molar-refractivity contribution in [3.63, 3.8) is 0 Å². The first-order chi connectivity index (χ1) is 9.86. The molecule has 0 aliphatic heterocycles. The quantitative estimate of drug-likeness (QED) is 0.706. The van der Waals surface area contributed by atoms with Crippen LogP contribution >= 0.6 is 0 Å². The predicted octanol–water partition coefficient (Wildman–Crippen LogP) is -1.28. The van der Waals surface area contributed by atoms with Crippen LogP contribution in [0.2, 0.25) is 0 Å². The smallest absolute Gasteiger partial charge is 0.238 e. The molecule has 0 aliphatic carbocycles. The fraction of sp³-hybridized carbons (Fsp3) is 0.273. The number of carbonyl (C=O) groups excluding carboxylic acids is 1. The number of carbonyl (C=O) groups is 1. The highest BCUT2D eigenvalue weighted by Gasteiger charge is 2.10. The zero-order chi connectivity index (χ0) is 15.5. The van der Waals surface area contributed by atoms with Crippen LogP contribution in [0.15, 0.2) is 29.2 Å². The number of nitrogens with zero attached hydrogens (tertiary/aromatic N) is 4. The molecule has 0 aliphatic rings. The maximum atomic E-state index is 11.7. The topological polar surface area (TPSA) is 133 Å². The van der Waals surface area contributed by atoms with Crippen molar-refractivity contribution in [1.82, 2.24) is 25.5 Å². The van der Waals surface area contributed by atoms with E-state index in [2.05, 4.69) is 20.8 Å². The first-order valence-electron chi connectivity index (χ1n) is 5.96. The minimum absolute atomic E-state index is 0.0303. The lowest BCUT2D eigenvalue weighted by Crippen LogP contribution is -2.25. The van der Waals surface area contributed by atoms with Gasteiger partial charge in [0, 0.05) is 13.6 Å². The summed E-state index contributed by atoms with van der Waals surface area (Å²) in [6.07, 6.45) is 0.0682. The molecule has 0 bridgehead atoms. The molecule has 10 heteroatoms. The maximum Gasteiger partial charge on any atom is 0.238 e. The Balaban J connectivity index is 1.91. The Morgan fingerprint density at radius 2 is 2.00 bits per heavy atom. The number of benzene rings is 1. The van der Waals surface area contributed by atoms with Gasteiger partial charge in [-0.05, 0) is 28.1 Å². The van der Waals surface area contributed by atoms with Gasteiger partial charge in [-0.3, -0.25) is 4.79 Å². The minimum atomic E-state index is -3.70. The molecule has 2 rings (SSSR count). The van der Waals surface area contributed by atoms with Gasteiger partial charge in [0.1, 0.15) is 0 Å². The summed E-state index contributed by atoms with van der Waals surface area (Å²) in [5, 5.41) is 18.5. The van der Waals surface area contributed by atoms with Gasteiger partial charge in [-0.1, -0.05) is 12.1 Å². The number of primary sulfonamides is 1. The van der Waals surface area contributed by atoms with Crippen LogP contribution in [-0.4, -0.2) is 34.5 Å². The SMILES string of the molecule is Cn1nnnc1CC(=O)NCc1ccc(S(N)(=O)=O)cc1. The molecule has 9 nitrogen and oxygen atoms in total. The largest absolute Gasteiger partial charge is 0.352 e. The van der Waals surface area contributed by atoms with Crippen molar-refractivity contribution in [2.24, 2.45) is 12.2 Å². The summed E-state index contributed by atoms with van der Waals surface area (Å²) in [6, 6.07) is 5.96. The molecular weight excluding hydrogens is 296 g/mol. The molecule has 112 valence electrons. The van der Waals surface area contributed by atoms with E-state index in [1.54, 1.807) is 19.2 Å². The van der Waals surface area contributed by atoms with E-state index in [4.69, 9.17) is 5.14 Å². The van der Waals surface area contributed by atoms with Gasteiger partial charge in [0.15, 0.2) is 5.82 Å². The highest BCUT2D eigenvalue weighted by Crippen LogP contribution is 2.08. The van der Waals surface area contributed by atoms with E-state index in [-0.39, 0.29) is 23.8 Å². The van der Waals surface area contributed by atoms with Gasteiger partial charge in [0.25, 0.3) is 0 Å². The number of aryl methyl sites for hydroxylation is 1. The first-order valence-corrected chi connectivity index (χ1v) is 7.50. The summed E-state index contributed by atoms with van der Waals surface area (Å²) < 4.78 is 23.6. The summed E-state index contributed by atoms with van der Waals surface area (Å²) in [6.45, 7) is 0.273. The standard InChI is InChI=1S/C11H14N6O3S/c1-17-10(14-15-16-17)6-11(18)13-7-8-2-4-9(5-3-8)21(12,19)20/h2-5H,6-7H2,1H3,(H,13,18)(H2,12,19,20). The average Bonchev–Trinajstić information content (AvgIpc) is 2.81. The molecular formula is C11H14N6O3S. The Bertz CT molecular complexity index is 738. The monoisotopic (exact) mass is 310 g/mol. The molecule has 1 heterocycles. The fourth-order valence-corrected chi connectivity index (χ4v) is 2.12. The molecule has 3 N–H and O–H groups in total. The van der Waals surface area contributed by atoms with E-state index >= 15 is 0 Å². The van der Waals surface area contributed by atoms with Crippen molar-refractivity contribution in [3.8, 4) is 0 Å². The normalized spacial score (nSPS) is 11.3. The van der Waals surface area contributed by atoms with Crippen LogP contribution in [0.25, 0.3) is 0 Å². The van der Waals surface area contributed by atoms with Crippen LogP contribution in [0.3, 0.4) is 0 Å². The zero-order valence-electron chi connectivity index (χ0n) is 11.2. The van der Waals surface area contributed by atoms with E-state index in [1.165, 1.54) is 16.8 Å². The number of aromatic nitrogens is 4. The van der Waals surface area contributed by atoms with E-state index in [9.17, 15) is 13.2 Å². The number of hydrogen-bond donors (Lipinski definition) is 2. The van der Waals surface area contributed by atoms with E-state index in [0.717, 1.165) is 5.56 Å². The van der Waals surface area contributed by atoms with Gasteiger partial charge in [0.05, 0.1) is 11.3 Å². The lowest BCUT2D eigenvalue weighted by atomic mass is 10.2. The van der Waals surface area contributed by atoms with Gasteiger partial charge in [-0.25, -0.2) is 18.2 Å². The van der Waals surface area contributed by atoms with E-state index < -0.39 is 10.0 Å². The summed E-state index contributed by atoms with van der Waals surface area (Å²) in [5.74, 6) is 0.223. The summed E-state index contributed by atoms with van der Waals surface area (Å²) >= 11 is 0. The molecule has 21 heavy (non-hydrogen) atoms. The minimum Gasteiger partial charge on any atom is -0.352 e. The Hall–Kier alpha value is -2.33. The zero-order valence-corrected chi connectivity index (χ0v) is 12.0. The number of tetrazole rings is 1. The third kappa shape index (κ3) is 4.07. The number of hydrogen-bond acceptors (Lipinski definition) is 6. The molecule has 1 aromatic heterocycles. The van der Waals surface area contributed by atoms with Crippen molar-refractivity contribution in [1.29, 1.82) is 0 Å². The Labute approximate surface area is 121 Å². The van der Waals surface area contributed by atoms with Crippen LogP contribution in [0.4, 0.5) is 0 Å². The number of rotatable bonds is 5. The highest BCUT2D eigenvalue weighted by molar-refractivity contribution is 7.89. The second-order valence-electron chi connectivity index (χ2n) is 4.36. The third-order valence-electron chi connectivity index (χ3n) is 2.77. The second-order valence-corrected chi connectivity index (χ2v) is 5.92. The summed E-state index contributed by atoms with van der Waals surface area (Å²) in [7, 11) is -2.05. The number of sulfonamides is 1. The molecule has 0 saturated heterocycles. The van der Waals surface area contributed by atoms with Gasteiger partial charge in [-0.15, -0.1) is 5.10 Å². The van der Waals surface area contributed by atoms with Gasteiger partial charge < -0.3 is 5.32 Å². The molecule has 1 aromatic carbocycles. The van der Waals surface area contributed by atoms with Crippen molar-refractivity contribution in [3.05, 3.63) is 35.7 Å². The highest BCUT2D eigenvalue weighted by atomic mass is 32.2. The summed E-state index contributed by atoms with van der Waals surface area (Å²) in [5.41, 5.74) is 0.756. The van der Waals surface area contributed by atoms with Crippen molar-refractivity contribution in [2.75, 3.05) is 0 Å². The number of nitrogens with two attached hydrogens (primary N) is 1. The molecule has 0 spiro atoms. The average molecular weight is 310 g/mol. The summed E-state index contributed by atoms with van der Waals surface area (Å²) in [4.78, 5) is 11.8. The Kier molecular flexibility index (Phi) is 4.29. The molecule has 2 aromatic rings. The molecule has 0 radical (unpaired) electrons. The van der Waals surface area contributed by atoms with Crippen molar-refractivity contribution in [2.45, 2.75) is 17.9 Å². The third-order valence-corrected chi connectivity index (χ3v) is 3.70. The maximum absolute atomic E-state index is 11.7. The Morgan fingerprint density at radius 3 is 2.52 bits per heavy atom. The van der Waals surface area contributed by atoms with Crippen molar-refractivity contribution < 1.29 is 13.2 Å². The van der Waals surface area contributed by atoms with Crippen molar-refractivity contribution >= 4 is 15.9 Å². The molecule has 0 fully saturated rings. The lowest BCUT2D eigenvalue weighted by Gasteiger charge is -2.05. The molecule has 0 atom stereocenters. The van der Waals surface area contributed by atoms with E-state index in [0.29, 0.717) is 5.82 Å². The molecule has 0 saturated carbocycles. The number of nitrogens with one attached hydrogen (secondary N) is 1. The van der Waals surface area contributed by atoms with Crippen LogP contribution < -0.4 is 10.5 Å². The van der Waals surface area contributed by atoms with Gasteiger partial charge in [0.2, 0.25) is 15.9 Å². The first kappa shape index (κ1) is 15.1. The van der Waals surface area contributed by atoms with Gasteiger partial charge in [-0.2, -0.15) is 0 Å². The second kappa shape index (κ2) is 5.97. The Morgan fingerprint density at radius 1 is 1.33 bits per heavy atom. The van der Waals surface area contributed by atoms with Crippen LogP contribution in [-0.2, 0) is 34.8 Å². The van der Waals surface area contributed by atoms with Crippen LogP contribution in [0, 0.1) is 0 Å².